The van der Waals surface area contributed by atoms with Gasteiger partial charge in [-0.15, -0.1) is 0 Å². The largest absolute Gasteiger partial charge is 0.500 e. The van der Waals surface area contributed by atoms with Crippen LogP contribution in [0.25, 0.3) is 12.2 Å². The van der Waals surface area contributed by atoms with Crippen molar-refractivity contribution in [2.45, 2.75) is 0 Å². The lowest BCUT2D eigenvalue weighted by molar-refractivity contribution is -0.386. The predicted molar refractivity (Wildman–Crippen MR) is 97.4 cm³/mol. The number of aromatic hydroxyl groups is 1. The second-order valence-electron chi connectivity index (χ2n) is 5.19. The lowest BCUT2D eigenvalue weighted by atomic mass is 10.1. The molecule has 0 aromatic heterocycles. The van der Waals surface area contributed by atoms with Crippen molar-refractivity contribution in [3.8, 4) is 17.2 Å². The Kier molecular flexibility index (Phi) is 6.10. The molecular weight excluding hydrogens is 338 g/mol. The Morgan fingerprint density at radius 3 is 2.38 bits per heavy atom. The van der Waals surface area contributed by atoms with E-state index in [1.807, 2.05) is 6.07 Å². The average Bonchev–Trinajstić information content (AvgIpc) is 2.65. The second kappa shape index (κ2) is 8.48. The number of allylic oxidation sites excluding steroid dienone is 2. The molecule has 7 heteroatoms. The summed E-state index contributed by atoms with van der Waals surface area (Å²) in [4.78, 5) is 22.2. The van der Waals surface area contributed by atoms with Crippen LogP contribution in [0.4, 0.5) is 5.69 Å². The van der Waals surface area contributed by atoms with E-state index in [1.165, 1.54) is 31.4 Å². The zero-order valence-electron chi connectivity index (χ0n) is 14.2. The second-order valence-corrected chi connectivity index (χ2v) is 5.19. The molecule has 0 fully saturated rings. The molecule has 0 aliphatic carbocycles. The van der Waals surface area contributed by atoms with Crippen molar-refractivity contribution in [3.63, 3.8) is 0 Å². The van der Waals surface area contributed by atoms with Gasteiger partial charge in [-0.1, -0.05) is 24.3 Å². The third-order valence-corrected chi connectivity index (χ3v) is 3.47. The van der Waals surface area contributed by atoms with Gasteiger partial charge in [0.25, 0.3) is 0 Å². The van der Waals surface area contributed by atoms with Crippen LogP contribution in [0.2, 0.25) is 0 Å². The quantitative estimate of drug-likeness (QED) is 0.463. The van der Waals surface area contributed by atoms with Gasteiger partial charge in [0, 0.05) is 6.07 Å². The summed E-state index contributed by atoms with van der Waals surface area (Å²) in [7, 11) is 2.84. The van der Waals surface area contributed by atoms with Gasteiger partial charge in [-0.25, -0.2) is 0 Å². The third-order valence-electron chi connectivity index (χ3n) is 3.47. The molecular formula is C19H17NO6. The highest BCUT2D eigenvalue weighted by Crippen LogP contribution is 2.37. The van der Waals surface area contributed by atoms with E-state index in [0.717, 1.165) is 11.6 Å². The molecule has 0 unspecified atom stereocenters. The molecule has 0 heterocycles. The monoisotopic (exact) mass is 355 g/mol. The van der Waals surface area contributed by atoms with Crippen molar-refractivity contribution in [1.29, 1.82) is 0 Å². The van der Waals surface area contributed by atoms with Crippen LogP contribution in [0, 0.1) is 10.1 Å². The van der Waals surface area contributed by atoms with Crippen LogP contribution in [-0.2, 0) is 4.79 Å². The maximum atomic E-state index is 12.0. The number of hydrogen-bond donors (Lipinski definition) is 1. The molecule has 2 aromatic carbocycles. The number of nitro benzene ring substituents is 1. The Morgan fingerprint density at radius 2 is 1.77 bits per heavy atom. The van der Waals surface area contributed by atoms with E-state index in [2.05, 4.69) is 0 Å². The molecule has 0 aliphatic rings. The van der Waals surface area contributed by atoms with Crippen LogP contribution in [0.1, 0.15) is 11.1 Å². The van der Waals surface area contributed by atoms with Crippen LogP contribution in [-0.4, -0.2) is 30.0 Å². The van der Waals surface area contributed by atoms with Crippen LogP contribution in [0.3, 0.4) is 0 Å². The van der Waals surface area contributed by atoms with E-state index in [9.17, 15) is 20.0 Å². The number of phenolic OH excluding ortho intramolecular Hbond substituents is 1. The molecule has 2 aromatic rings. The lowest BCUT2D eigenvalue weighted by Crippen LogP contribution is -1.93. The first-order chi connectivity index (χ1) is 12.4. The van der Waals surface area contributed by atoms with Gasteiger partial charge in [-0.2, -0.15) is 0 Å². The molecule has 0 aliphatic heterocycles. The van der Waals surface area contributed by atoms with Gasteiger partial charge < -0.3 is 14.6 Å². The topological polar surface area (TPSA) is 98.9 Å². The molecule has 134 valence electrons. The average molecular weight is 355 g/mol. The summed E-state index contributed by atoms with van der Waals surface area (Å²) in [5.74, 6) is -0.224. The minimum Gasteiger partial charge on any atom is -0.500 e. The maximum Gasteiger partial charge on any atom is 0.315 e. The van der Waals surface area contributed by atoms with Gasteiger partial charge in [-0.05, 0) is 41.5 Å². The first-order valence-corrected chi connectivity index (χ1v) is 7.54. The van der Waals surface area contributed by atoms with Crippen LogP contribution >= 0.6 is 0 Å². The van der Waals surface area contributed by atoms with Crippen molar-refractivity contribution >= 4 is 23.6 Å². The first kappa shape index (κ1) is 18.7. The third kappa shape index (κ3) is 4.70. The van der Waals surface area contributed by atoms with E-state index in [1.54, 1.807) is 31.4 Å². The van der Waals surface area contributed by atoms with E-state index in [4.69, 9.17) is 9.47 Å². The zero-order chi connectivity index (χ0) is 19.1. The molecule has 0 atom stereocenters. The number of phenols is 1. The van der Waals surface area contributed by atoms with Crippen molar-refractivity contribution in [1.82, 2.24) is 0 Å². The fraction of sp³-hybridized carbons (Fsp3) is 0.105. The van der Waals surface area contributed by atoms with Gasteiger partial charge >= 0.3 is 5.69 Å². The van der Waals surface area contributed by atoms with Gasteiger partial charge in [-0.3, -0.25) is 14.9 Å². The highest BCUT2D eigenvalue weighted by atomic mass is 16.6. The molecule has 0 saturated carbocycles. The SMILES string of the molecule is COc1cccc(/C=C/C(=O)/C=C/c2cc(OC)c(O)c([N+](=O)[O-])c2)c1. The fourth-order valence-corrected chi connectivity index (χ4v) is 2.16. The summed E-state index contributed by atoms with van der Waals surface area (Å²) in [5.41, 5.74) is 0.658. The number of ether oxygens (including phenoxy) is 2. The zero-order valence-corrected chi connectivity index (χ0v) is 14.2. The summed E-state index contributed by atoms with van der Waals surface area (Å²) < 4.78 is 10.0. The minimum absolute atomic E-state index is 0.0433. The summed E-state index contributed by atoms with van der Waals surface area (Å²) >= 11 is 0. The highest BCUT2D eigenvalue weighted by Gasteiger charge is 2.19. The normalized spacial score (nSPS) is 11.0. The summed E-state index contributed by atoms with van der Waals surface area (Å²) in [6.07, 6.45) is 5.69. The number of hydrogen-bond acceptors (Lipinski definition) is 6. The molecule has 0 bridgehead atoms. The number of rotatable bonds is 7. The molecule has 7 nitrogen and oxygen atoms in total. The molecule has 0 saturated heterocycles. The van der Waals surface area contributed by atoms with Crippen LogP contribution in [0.15, 0.2) is 48.6 Å². The van der Waals surface area contributed by atoms with Gasteiger partial charge in [0.2, 0.25) is 5.75 Å². The summed E-state index contributed by atoms with van der Waals surface area (Å²) in [6, 6.07) is 9.77. The standard InChI is InChI=1S/C19H17NO6/c1-25-16-5-3-4-13(10-16)6-8-15(21)9-7-14-11-17(20(23)24)19(22)18(12-14)26-2/h3-12,22H,1-2H3/b8-6+,9-7+. The Bertz CT molecular complexity index is 886. The molecule has 0 spiro atoms. The smallest absolute Gasteiger partial charge is 0.315 e. The number of nitro groups is 1. The number of nitrogens with zero attached hydrogens (tertiary/aromatic N) is 1. The number of carbonyl (C=O) groups is 1. The van der Waals surface area contributed by atoms with Gasteiger partial charge in [0.05, 0.1) is 19.1 Å². The van der Waals surface area contributed by atoms with Crippen molar-refractivity contribution in [2.75, 3.05) is 14.2 Å². The predicted octanol–water partition coefficient (Wildman–Crippen LogP) is 3.61. The molecule has 26 heavy (non-hydrogen) atoms. The van der Waals surface area contributed by atoms with E-state index >= 15 is 0 Å². The molecule has 2 rings (SSSR count). The summed E-state index contributed by atoms with van der Waals surface area (Å²) in [6.45, 7) is 0. The number of carbonyl (C=O) groups excluding carboxylic acids is 1. The Morgan fingerprint density at radius 1 is 1.08 bits per heavy atom. The fourth-order valence-electron chi connectivity index (χ4n) is 2.16. The molecule has 0 amide bonds. The van der Waals surface area contributed by atoms with Gasteiger partial charge in [0.1, 0.15) is 5.75 Å². The van der Waals surface area contributed by atoms with Crippen molar-refractivity contribution in [2.24, 2.45) is 0 Å². The molecule has 1 N–H and O–H groups in total. The summed E-state index contributed by atoms with van der Waals surface area (Å²) in [5, 5.41) is 20.7. The van der Waals surface area contributed by atoms with Crippen LogP contribution < -0.4 is 9.47 Å². The first-order valence-electron chi connectivity index (χ1n) is 7.54. The Labute approximate surface area is 149 Å². The maximum absolute atomic E-state index is 12.0. The van der Waals surface area contributed by atoms with Gasteiger partial charge in [0.15, 0.2) is 11.5 Å². The number of benzene rings is 2. The molecule has 0 radical (unpaired) electrons. The lowest BCUT2D eigenvalue weighted by Gasteiger charge is -2.05. The highest BCUT2D eigenvalue weighted by molar-refractivity contribution is 6.04. The van der Waals surface area contributed by atoms with Crippen molar-refractivity contribution < 1.29 is 24.3 Å². The number of ketones is 1. The Balaban J connectivity index is 2.18. The number of methoxy groups -OCH3 is 2. The Hall–Kier alpha value is -3.61. The minimum atomic E-state index is -0.723. The van der Waals surface area contributed by atoms with Crippen molar-refractivity contribution in [3.05, 3.63) is 69.8 Å². The van der Waals surface area contributed by atoms with E-state index in [0.29, 0.717) is 11.3 Å². The van der Waals surface area contributed by atoms with Crippen LogP contribution in [0.5, 0.6) is 17.2 Å². The van der Waals surface area contributed by atoms with E-state index < -0.39 is 16.4 Å². The van der Waals surface area contributed by atoms with E-state index in [-0.39, 0.29) is 11.5 Å².